The molecule has 3 N–H and O–H groups in total. The summed E-state index contributed by atoms with van der Waals surface area (Å²) in [6, 6.07) is 0.0172. The van der Waals surface area contributed by atoms with Crippen molar-refractivity contribution in [3.63, 3.8) is 0 Å². The third-order valence-corrected chi connectivity index (χ3v) is 3.56. The molecule has 0 unspecified atom stereocenters. The Morgan fingerprint density at radius 2 is 1.55 bits per heavy atom. The molecule has 0 aromatic rings. The number of amides is 4. The van der Waals surface area contributed by atoms with Crippen molar-refractivity contribution >= 4 is 30.3 Å². The molecular weight excluding hydrogens is 310 g/mol. The minimum Gasteiger partial charge on any atom is -0.346 e. The van der Waals surface area contributed by atoms with Crippen LogP contribution in [0.25, 0.3) is 0 Å². The van der Waals surface area contributed by atoms with Crippen LogP contribution in [-0.4, -0.2) is 84.9 Å². The fourth-order valence-electron chi connectivity index (χ4n) is 2.20. The van der Waals surface area contributed by atoms with Gasteiger partial charge < -0.3 is 25.8 Å². The second-order valence-corrected chi connectivity index (χ2v) is 4.80. The van der Waals surface area contributed by atoms with Crippen LogP contribution in [0.15, 0.2) is 0 Å². The Hall–Kier alpha value is -1.54. The van der Waals surface area contributed by atoms with Gasteiger partial charge in [0.15, 0.2) is 0 Å². The molecule has 0 atom stereocenters. The lowest BCUT2D eigenvalue weighted by Gasteiger charge is -2.37. The third kappa shape index (κ3) is 5.69. The standard InChI is InChI=1S/C13H25N5O3.ClH/c1-3-16(4-2)13(21)18-7-5-17(6-8-18)12(20)10-15-11(19)9-14;/h3-10,14H2,1-2H3,(H,15,19);1H. The van der Waals surface area contributed by atoms with Gasteiger partial charge in [0.2, 0.25) is 11.8 Å². The van der Waals surface area contributed by atoms with E-state index in [1.54, 1.807) is 14.7 Å². The number of piperazine rings is 1. The van der Waals surface area contributed by atoms with Crippen molar-refractivity contribution in [3.05, 3.63) is 0 Å². The number of rotatable bonds is 5. The van der Waals surface area contributed by atoms with E-state index in [1.807, 2.05) is 13.8 Å². The average molecular weight is 336 g/mol. The molecule has 1 fully saturated rings. The van der Waals surface area contributed by atoms with Crippen molar-refractivity contribution in [2.24, 2.45) is 5.73 Å². The van der Waals surface area contributed by atoms with Gasteiger partial charge in [0.1, 0.15) is 0 Å². The molecule has 1 aliphatic rings. The molecule has 1 heterocycles. The summed E-state index contributed by atoms with van der Waals surface area (Å²) in [5, 5.41) is 2.46. The third-order valence-electron chi connectivity index (χ3n) is 3.56. The second-order valence-electron chi connectivity index (χ2n) is 4.80. The van der Waals surface area contributed by atoms with Crippen LogP contribution >= 0.6 is 12.4 Å². The average Bonchev–Trinajstić information content (AvgIpc) is 2.53. The van der Waals surface area contributed by atoms with E-state index in [1.165, 1.54) is 0 Å². The number of nitrogens with two attached hydrogens (primary N) is 1. The zero-order chi connectivity index (χ0) is 15.8. The molecule has 0 radical (unpaired) electrons. The minimum atomic E-state index is -0.348. The van der Waals surface area contributed by atoms with Crippen LogP contribution in [0.4, 0.5) is 4.79 Å². The molecule has 9 heteroatoms. The minimum absolute atomic E-state index is 0. The molecule has 1 rings (SSSR count). The smallest absolute Gasteiger partial charge is 0.320 e. The summed E-state index contributed by atoms with van der Waals surface area (Å²) in [5.41, 5.74) is 5.16. The van der Waals surface area contributed by atoms with E-state index in [2.05, 4.69) is 5.32 Å². The van der Waals surface area contributed by atoms with Crippen molar-refractivity contribution < 1.29 is 14.4 Å². The van der Waals surface area contributed by atoms with E-state index in [0.717, 1.165) is 0 Å². The number of hydrogen-bond acceptors (Lipinski definition) is 4. The van der Waals surface area contributed by atoms with Gasteiger partial charge in [-0.05, 0) is 13.8 Å². The van der Waals surface area contributed by atoms with Gasteiger partial charge in [-0.3, -0.25) is 9.59 Å². The molecule has 1 saturated heterocycles. The van der Waals surface area contributed by atoms with Gasteiger partial charge in [0, 0.05) is 39.3 Å². The summed E-state index contributed by atoms with van der Waals surface area (Å²) in [7, 11) is 0. The van der Waals surface area contributed by atoms with E-state index in [9.17, 15) is 14.4 Å². The molecule has 0 spiro atoms. The Morgan fingerprint density at radius 3 is 2.00 bits per heavy atom. The van der Waals surface area contributed by atoms with Crippen molar-refractivity contribution in [1.82, 2.24) is 20.0 Å². The first-order valence-corrected chi connectivity index (χ1v) is 7.31. The van der Waals surface area contributed by atoms with Gasteiger partial charge in [0.25, 0.3) is 0 Å². The van der Waals surface area contributed by atoms with Crippen molar-refractivity contribution in [2.45, 2.75) is 13.8 Å². The highest BCUT2D eigenvalue weighted by molar-refractivity contribution is 5.86. The summed E-state index contributed by atoms with van der Waals surface area (Å²) in [6.45, 7) is 7.10. The lowest BCUT2D eigenvalue weighted by molar-refractivity contribution is -0.133. The zero-order valence-corrected chi connectivity index (χ0v) is 14.0. The van der Waals surface area contributed by atoms with Crippen LogP contribution in [0.5, 0.6) is 0 Å². The van der Waals surface area contributed by atoms with E-state index < -0.39 is 0 Å². The summed E-state index contributed by atoms with van der Waals surface area (Å²) in [4.78, 5) is 40.3. The molecule has 128 valence electrons. The Morgan fingerprint density at radius 1 is 1.05 bits per heavy atom. The van der Waals surface area contributed by atoms with Crippen LogP contribution in [0.1, 0.15) is 13.8 Å². The predicted octanol–water partition coefficient (Wildman–Crippen LogP) is -0.911. The predicted molar refractivity (Wildman–Crippen MR) is 85.8 cm³/mol. The lowest BCUT2D eigenvalue weighted by Crippen LogP contribution is -2.55. The SMILES string of the molecule is CCN(CC)C(=O)N1CCN(C(=O)CNC(=O)CN)CC1.Cl. The number of nitrogens with one attached hydrogen (secondary N) is 1. The molecule has 0 aromatic carbocycles. The summed E-state index contributed by atoms with van der Waals surface area (Å²) < 4.78 is 0. The number of carbonyl (C=O) groups excluding carboxylic acids is 3. The maximum atomic E-state index is 12.2. The molecule has 4 amide bonds. The quantitative estimate of drug-likeness (QED) is 0.679. The molecule has 1 aliphatic heterocycles. The Labute approximate surface area is 137 Å². The second kappa shape index (κ2) is 10.2. The van der Waals surface area contributed by atoms with Crippen LogP contribution in [-0.2, 0) is 9.59 Å². The highest BCUT2D eigenvalue weighted by Crippen LogP contribution is 2.06. The lowest BCUT2D eigenvalue weighted by atomic mass is 10.3. The normalized spacial score (nSPS) is 14.1. The number of carbonyl (C=O) groups is 3. The van der Waals surface area contributed by atoms with Crippen LogP contribution in [0, 0.1) is 0 Å². The van der Waals surface area contributed by atoms with Crippen molar-refractivity contribution in [2.75, 3.05) is 52.4 Å². The van der Waals surface area contributed by atoms with Gasteiger partial charge in [-0.25, -0.2) is 4.79 Å². The van der Waals surface area contributed by atoms with Gasteiger partial charge in [-0.2, -0.15) is 0 Å². The highest BCUT2D eigenvalue weighted by atomic mass is 35.5. The highest BCUT2D eigenvalue weighted by Gasteiger charge is 2.26. The van der Waals surface area contributed by atoms with E-state index in [-0.39, 0.29) is 43.3 Å². The van der Waals surface area contributed by atoms with Gasteiger partial charge >= 0.3 is 6.03 Å². The largest absolute Gasteiger partial charge is 0.346 e. The topological polar surface area (TPSA) is 99.0 Å². The molecule has 0 saturated carbocycles. The summed E-state index contributed by atoms with van der Waals surface area (Å²) in [5.74, 6) is -0.495. The summed E-state index contributed by atoms with van der Waals surface area (Å²) >= 11 is 0. The van der Waals surface area contributed by atoms with E-state index in [4.69, 9.17) is 5.73 Å². The fourth-order valence-corrected chi connectivity index (χ4v) is 2.20. The molecule has 0 aromatic heterocycles. The Kier molecular flexibility index (Phi) is 9.51. The molecule has 0 bridgehead atoms. The van der Waals surface area contributed by atoms with Gasteiger partial charge in [0.05, 0.1) is 13.1 Å². The van der Waals surface area contributed by atoms with Crippen LogP contribution in [0.3, 0.4) is 0 Å². The maximum absolute atomic E-state index is 12.2. The van der Waals surface area contributed by atoms with E-state index >= 15 is 0 Å². The monoisotopic (exact) mass is 335 g/mol. The number of hydrogen-bond donors (Lipinski definition) is 2. The Balaban J connectivity index is 0.00000441. The van der Waals surface area contributed by atoms with Crippen molar-refractivity contribution in [1.29, 1.82) is 0 Å². The Bertz CT molecular complexity index is 382. The van der Waals surface area contributed by atoms with Crippen LogP contribution in [0.2, 0.25) is 0 Å². The fraction of sp³-hybridized carbons (Fsp3) is 0.769. The van der Waals surface area contributed by atoms with E-state index in [0.29, 0.717) is 39.3 Å². The van der Waals surface area contributed by atoms with Crippen LogP contribution < -0.4 is 11.1 Å². The van der Waals surface area contributed by atoms with Gasteiger partial charge in [-0.1, -0.05) is 0 Å². The van der Waals surface area contributed by atoms with Gasteiger partial charge in [-0.15, -0.1) is 12.4 Å². The molecule has 0 aliphatic carbocycles. The number of urea groups is 1. The molecule has 22 heavy (non-hydrogen) atoms. The first-order valence-electron chi connectivity index (χ1n) is 7.31. The first-order chi connectivity index (χ1) is 10.0. The molecular formula is C13H26ClN5O3. The maximum Gasteiger partial charge on any atom is 0.320 e. The number of nitrogens with zero attached hydrogens (tertiary/aromatic N) is 3. The zero-order valence-electron chi connectivity index (χ0n) is 13.2. The molecule has 8 nitrogen and oxygen atoms in total. The number of halogens is 1. The van der Waals surface area contributed by atoms with Crippen molar-refractivity contribution in [3.8, 4) is 0 Å². The first kappa shape index (κ1) is 20.5. The summed E-state index contributed by atoms with van der Waals surface area (Å²) in [6.07, 6.45) is 0.